The Balaban J connectivity index is 1.76. The molecule has 4 nitrogen and oxygen atoms in total. The van der Waals surface area contributed by atoms with Crippen LogP contribution in [0.5, 0.6) is 0 Å². The number of benzene rings is 2. The number of halogens is 2. The van der Waals surface area contributed by atoms with E-state index in [1.165, 1.54) is 0 Å². The molecule has 2 aromatic carbocycles. The van der Waals surface area contributed by atoms with E-state index in [1.54, 1.807) is 48.5 Å². The molecule has 0 aliphatic carbocycles. The number of carbonyl (C=O) groups excluding carboxylic acids is 1. The first-order valence-corrected chi connectivity index (χ1v) is 8.31. The fraction of sp³-hybridized carbons (Fsp3) is 0.0526. The van der Waals surface area contributed by atoms with Crippen LogP contribution in [0.1, 0.15) is 10.5 Å². The molecule has 0 unspecified atom stereocenters. The monoisotopic (exact) mass is 371 g/mol. The Morgan fingerprint density at radius 1 is 1.04 bits per heavy atom. The summed E-state index contributed by atoms with van der Waals surface area (Å²) in [5.74, 6) is -0.182. The molecule has 25 heavy (non-hydrogen) atoms. The summed E-state index contributed by atoms with van der Waals surface area (Å²) in [7, 11) is 1.72. The number of hydrogen-bond acceptors (Lipinski definition) is 3. The lowest BCUT2D eigenvalue weighted by molar-refractivity contribution is 0.0988. The molecule has 0 bridgehead atoms. The van der Waals surface area contributed by atoms with Crippen LogP contribution in [0.4, 0.5) is 17.1 Å². The molecular weight excluding hydrogens is 357 g/mol. The van der Waals surface area contributed by atoms with Gasteiger partial charge >= 0.3 is 0 Å². The maximum Gasteiger partial charge on any atom is 0.276 e. The fourth-order valence-corrected chi connectivity index (χ4v) is 2.62. The smallest absolute Gasteiger partial charge is 0.276 e. The van der Waals surface area contributed by atoms with Gasteiger partial charge in [-0.25, -0.2) is 4.98 Å². The van der Waals surface area contributed by atoms with E-state index in [-0.39, 0.29) is 5.91 Å². The van der Waals surface area contributed by atoms with Crippen molar-refractivity contribution in [2.45, 2.75) is 0 Å². The van der Waals surface area contributed by atoms with Gasteiger partial charge in [0.15, 0.2) is 0 Å². The summed E-state index contributed by atoms with van der Waals surface area (Å²) in [6.45, 7) is 0. The molecule has 0 saturated carbocycles. The number of anilines is 3. The van der Waals surface area contributed by atoms with Crippen LogP contribution in [-0.4, -0.2) is 17.9 Å². The highest BCUT2D eigenvalue weighted by Crippen LogP contribution is 2.28. The van der Waals surface area contributed by atoms with Gasteiger partial charge < -0.3 is 10.2 Å². The van der Waals surface area contributed by atoms with Crippen molar-refractivity contribution in [3.8, 4) is 0 Å². The molecule has 0 aliphatic heterocycles. The van der Waals surface area contributed by atoms with Gasteiger partial charge in [0.25, 0.3) is 5.91 Å². The van der Waals surface area contributed by atoms with E-state index < -0.39 is 0 Å². The van der Waals surface area contributed by atoms with Crippen molar-refractivity contribution in [2.75, 3.05) is 17.3 Å². The number of amides is 1. The Hall–Kier alpha value is -2.56. The van der Waals surface area contributed by atoms with Gasteiger partial charge in [0.1, 0.15) is 5.69 Å². The quantitative estimate of drug-likeness (QED) is 0.666. The average Bonchev–Trinajstić information content (AvgIpc) is 2.65. The van der Waals surface area contributed by atoms with Crippen LogP contribution in [0.3, 0.4) is 0 Å². The van der Waals surface area contributed by atoms with Crippen LogP contribution in [0.2, 0.25) is 10.0 Å². The molecule has 6 heteroatoms. The van der Waals surface area contributed by atoms with Gasteiger partial charge in [-0.1, -0.05) is 41.4 Å². The molecule has 3 rings (SSSR count). The molecule has 0 radical (unpaired) electrons. The van der Waals surface area contributed by atoms with E-state index in [0.717, 1.165) is 5.69 Å². The maximum atomic E-state index is 12.5. The number of pyridine rings is 1. The maximum absolute atomic E-state index is 12.5. The molecule has 1 aromatic heterocycles. The van der Waals surface area contributed by atoms with E-state index in [1.807, 2.05) is 30.3 Å². The van der Waals surface area contributed by atoms with Gasteiger partial charge in [-0.3, -0.25) is 4.79 Å². The summed E-state index contributed by atoms with van der Waals surface area (Å²) in [6, 6.07) is 18.0. The Morgan fingerprint density at radius 3 is 2.48 bits per heavy atom. The first kappa shape index (κ1) is 17.3. The van der Waals surface area contributed by atoms with Crippen LogP contribution in [0.15, 0.2) is 66.9 Å². The predicted octanol–water partition coefficient (Wildman–Crippen LogP) is 5.41. The molecule has 0 saturated heterocycles. The van der Waals surface area contributed by atoms with Crippen LogP contribution in [0, 0.1) is 0 Å². The minimum Gasteiger partial charge on any atom is -0.353 e. The van der Waals surface area contributed by atoms with Gasteiger partial charge in [0.2, 0.25) is 0 Å². The molecule has 3 aromatic rings. The number of nitrogens with zero attached hydrogens (tertiary/aromatic N) is 2. The lowest BCUT2D eigenvalue weighted by atomic mass is 10.2. The Bertz CT molecular complexity index is 883. The number of rotatable bonds is 4. The van der Waals surface area contributed by atoms with E-state index >= 15 is 0 Å². The highest BCUT2D eigenvalue weighted by atomic mass is 35.5. The molecule has 1 heterocycles. The lowest BCUT2D eigenvalue weighted by Crippen LogP contribution is -2.26. The van der Waals surface area contributed by atoms with Gasteiger partial charge in [0.05, 0.1) is 22.6 Å². The van der Waals surface area contributed by atoms with E-state index in [9.17, 15) is 4.79 Å². The SMILES string of the molecule is CN(C(=O)c1ccc(Nc2cc(Cl)ccc2Cl)cn1)c1ccccc1. The standard InChI is InChI=1S/C19H15Cl2N3O/c1-24(15-5-3-2-4-6-15)19(25)17-10-8-14(12-22-17)23-18-11-13(20)7-9-16(18)21/h2-12,23H,1H3. The second kappa shape index (κ2) is 7.55. The Morgan fingerprint density at radius 2 is 1.80 bits per heavy atom. The Labute approximate surface area is 156 Å². The van der Waals surface area contributed by atoms with Gasteiger partial charge in [-0.15, -0.1) is 0 Å². The van der Waals surface area contributed by atoms with Crippen molar-refractivity contribution in [3.05, 3.63) is 82.6 Å². The van der Waals surface area contributed by atoms with Crippen LogP contribution >= 0.6 is 23.2 Å². The van der Waals surface area contributed by atoms with Crippen LogP contribution in [-0.2, 0) is 0 Å². The fourth-order valence-electron chi connectivity index (χ4n) is 2.28. The largest absolute Gasteiger partial charge is 0.353 e. The predicted molar refractivity (Wildman–Crippen MR) is 103 cm³/mol. The first-order valence-electron chi connectivity index (χ1n) is 7.56. The number of hydrogen-bond donors (Lipinski definition) is 1. The van der Waals surface area contributed by atoms with Crippen molar-refractivity contribution >= 4 is 46.2 Å². The molecule has 1 amide bonds. The summed E-state index contributed by atoms with van der Waals surface area (Å²) in [6.07, 6.45) is 1.59. The summed E-state index contributed by atoms with van der Waals surface area (Å²) < 4.78 is 0. The molecule has 126 valence electrons. The van der Waals surface area contributed by atoms with Crippen molar-refractivity contribution in [2.24, 2.45) is 0 Å². The lowest BCUT2D eigenvalue weighted by Gasteiger charge is -2.17. The summed E-state index contributed by atoms with van der Waals surface area (Å²) in [5.41, 5.74) is 2.55. The molecule has 0 fully saturated rings. The molecule has 1 N–H and O–H groups in total. The van der Waals surface area contributed by atoms with Crippen LogP contribution in [0.25, 0.3) is 0 Å². The van der Waals surface area contributed by atoms with Crippen molar-refractivity contribution in [1.29, 1.82) is 0 Å². The summed E-state index contributed by atoms with van der Waals surface area (Å²) in [4.78, 5) is 18.3. The zero-order valence-electron chi connectivity index (χ0n) is 13.4. The summed E-state index contributed by atoms with van der Waals surface area (Å²) in [5, 5.41) is 4.27. The topological polar surface area (TPSA) is 45.2 Å². The van der Waals surface area contributed by atoms with E-state index in [4.69, 9.17) is 23.2 Å². The zero-order valence-corrected chi connectivity index (χ0v) is 14.9. The number of para-hydroxylation sites is 1. The average molecular weight is 372 g/mol. The number of carbonyl (C=O) groups is 1. The zero-order chi connectivity index (χ0) is 17.8. The normalized spacial score (nSPS) is 10.4. The third-order valence-electron chi connectivity index (χ3n) is 3.64. The van der Waals surface area contributed by atoms with Crippen molar-refractivity contribution in [3.63, 3.8) is 0 Å². The van der Waals surface area contributed by atoms with E-state index in [0.29, 0.717) is 27.1 Å². The highest BCUT2D eigenvalue weighted by Gasteiger charge is 2.14. The first-order chi connectivity index (χ1) is 12.0. The van der Waals surface area contributed by atoms with Crippen molar-refractivity contribution in [1.82, 2.24) is 4.98 Å². The van der Waals surface area contributed by atoms with E-state index in [2.05, 4.69) is 10.3 Å². The minimum atomic E-state index is -0.182. The Kier molecular flexibility index (Phi) is 5.22. The molecular formula is C19H15Cl2N3O. The minimum absolute atomic E-state index is 0.182. The third-order valence-corrected chi connectivity index (χ3v) is 4.20. The third kappa shape index (κ3) is 4.10. The second-order valence-corrected chi connectivity index (χ2v) is 6.22. The number of aromatic nitrogens is 1. The number of nitrogens with one attached hydrogen (secondary N) is 1. The van der Waals surface area contributed by atoms with Gasteiger partial charge in [-0.05, 0) is 42.5 Å². The summed E-state index contributed by atoms with van der Waals surface area (Å²) >= 11 is 12.1. The van der Waals surface area contributed by atoms with Crippen molar-refractivity contribution < 1.29 is 4.79 Å². The molecule has 0 aliphatic rings. The van der Waals surface area contributed by atoms with Gasteiger partial charge in [-0.2, -0.15) is 0 Å². The second-order valence-electron chi connectivity index (χ2n) is 5.38. The highest BCUT2D eigenvalue weighted by molar-refractivity contribution is 6.35. The van der Waals surface area contributed by atoms with Gasteiger partial charge in [0, 0.05) is 17.8 Å². The van der Waals surface area contributed by atoms with Crippen LogP contribution < -0.4 is 10.2 Å². The molecule has 0 spiro atoms. The molecule has 0 atom stereocenters.